The van der Waals surface area contributed by atoms with Crippen molar-refractivity contribution in [3.63, 3.8) is 0 Å². The topological polar surface area (TPSA) is 76.0 Å². The fourth-order valence-corrected chi connectivity index (χ4v) is 1.23. The predicted octanol–water partition coefficient (Wildman–Crippen LogP) is 0.935. The first-order valence-corrected chi connectivity index (χ1v) is 4.22. The number of phenolic OH excluding ortho intramolecular Hbond substituents is 2. The molecule has 0 saturated heterocycles. The van der Waals surface area contributed by atoms with Crippen molar-refractivity contribution in [1.82, 2.24) is 0 Å². The summed E-state index contributed by atoms with van der Waals surface area (Å²) < 4.78 is 9.54. The summed E-state index contributed by atoms with van der Waals surface area (Å²) in [6, 6.07) is 2.33. The van der Waals surface area contributed by atoms with Gasteiger partial charge >= 0.3 is 0 Å². The third kappa shape index (κ3) is 2.38. The van der Waals surface area contributed by atoms with Crippen molar-refractivity contribution in [3.8, 4) is 17.2 Å². The lowest BCUT2D eigenvalue weighted by atomic mass is 10.1. The molecule has 0 atom stereocenters. The van der Waals surface area contributed by atoms with Crippen LogP contribution in [0.2, 0.25) is 0 Å². The predicted molar refractivity (Wildman–Crippen MR) is 52.5 cm³/mol. The molecule has 0 heterocycles. The fraction of sp³-hybridized carbons (Fsp3) is 0.300. The van der Waals surface area contributed by atoms with Gasteiger partial charge in [-0.25, -0.2) is 0 Å². The van der Waals surface area contributed by atoms with E-state index in [0.29, 0.717) is 0 Å². The molecule has 0 aliphatic rings. The molecule has 5 heteroatoms. The number of hydrogen-bond donors (Lipinski definition) is 2. The molecule has 1 aromatic rings. The number of carbonyl (C=O) groups excluding carboxylic acids is 1. The van der Waals surface area contributed by atoms with Crippen LogP contribution in [0.15, 0.2) is 12.1 Å². The SMILES string of the molecule is COCC(=O)c1c(O)cc(O)cc1OC. The van der Waals surface area contributed by atoms with Crippen LogP contribution in [-0.4, -0.2) is 36.8 Å². The smallest absolute Gasteiger partial charge is 0.195 e. The van der Waals surface area contributed by atoms with Gasteiger partial charge in [0.1, 0.15) is 29.4 Å². The van der Waals surface area contributed by atoms with Crippen LogP contribution in [0.1, 0.15) is 10.4 Å². The number of Topliss-reactive ketones (excluding diaryl/α,β-unsaturated/α-hetero) is 1. The second kappa shape index (κ2) is 4.65. The number of ketones is 1. The van der Waals surface area contributed by atoms with Gasteiger partial charge in [0.2, 0.25) is 0 Å². The molecule has 82 valence electrons. The number of methoxy groups -OCH3 is 2. The number of hydrogen-bond acceptors (Lipinski definition) is 5. The molecule has 15 heavy (non-hydrogen) atoms. The number of carbonyl (C=O) groups is 1. The summed E-state index contributed by atoms with van der Waals surface area (Å²) in [6.07, 6.45) is 0. The minimum Gasteiger partial charge on any atom is -0.508 e. The number of phenols is 2. The van der Waals surface area contributed by atoms with E-state index in [2.05, 4.69) is 4.74 Å². The molecule has 0 saturated carbocycles. The van der Waals surface area contributed by atoms with Crippen LogP contribution in [-0.2, 0) is 4.74 Å². The second-order valence-electron chi connectivity index (χ2n) is 2.90. The van der Waals surface area contributed by atoms with Gasteiger partial charge in [-0.1, -0.05) is 0 Å². The summed E-state index contributed by atoms with van der Waals surface area (Å²) in [7, 11) is 2.72. The average Bonchev–Trinajstić information content (AvgIpc) is 2.16. The first-order chi connectivity index (χ1) is 7.10. The van der Waals surface area contributed by atoms with Gasteiger partial charge in [-0.05, 0) is 0 Å². The van der Waals surface area contributed by atoms with Crippen molar-refractivity contribution < 1.29 is 24.5 Å². The number of rotatable bonds is 4. The van der Waals surface area contributed by atoms with Gasteiger partial charge in [-0.2, -0.15) is 0 Å². The highest BCUT2D eigenvalue weighted by atomic mass is 16.5. The van der Waals surface area contributed by atoms with E-state index in [1.165, 1.54) is 20.3 Å². The Morgan fingerprint density at radius 3 is 2.53 bits per heavy atom. The molecule has 2 N–H and O–H groups in total. The van der Waals surface area contributed by atoms with Crippen molar-refractivity contribution in [2.45, 2.75) is 0 Å². The quantitative estimate of drug-likeness (QED) is 0.726. The van der Waals surface area contributed by atoms with Crippen LogP contribution in [0.25, 0.3) is 0 Å². The minimum atomic E-state index is -0.410. The molecule has 0 bridgehead atoms. The standard InChI is InChI=1S/C10H12O5/c1-14-5-8(13)10-7(12)3-6(11)4-9(10)15-2/h3-4,11-12H,5H2,1-2H3. The van der Waals surface area contributed by atoms with E-state index in [1.807, 2.05) is 0 Å². The Bertz CT molecular complexity index is 372. The van der Waals surface area contributed by atoms with Crippen molar-refractivity contribution in [1.29, 1.82) is 0 Å². The van der Waals surface area contributed by atoms with Crippen LogP contribution >= 0.6 is 0 Å². The largest absolute Gasteiger partial charge is 0.508 e. The lowest BCUT2D eigenvalue weighted by molar-refractivity contribution is 0.0842. The molecule has 1 rings (SSSR count). The summed E-state index contributed by atoms with van der Waals surface area (Å²) in [6.45, 7) is -0.158. The van der Waals surface area contributed by atoms with Crippen molar-refractivity contribution >= 4 is 5.78 Å². The van der Waals surface area contributed by atoms with Crippen molar-refractivity contribution in [2.75, 3.05) is 20.8 Å². The normalized spacial score (nSPS) is 10.0. The van der Waals surface area contributed by atoms with Crippen LogP contribution in [0.5, 0.6) is 17.2 Å². The van der Waals surface area contributed by atoms with E-state index in [1.54, 1.807) is 0 Å². The van der Waals surface area contributed by atoms with Gasteiger partial charge in [0, 0.05) is 19.2 Å². The average molecular weight is 212 g/mol. The number of aromatic hydroxyl groups is 2. The van der Waals surface area contributed by atoms with Gasteiger partial charge < -0.3 is 19.7 Å². The molecule has 0 unspecified atom stereocenters. The molecule has 0 aliphatic carbocycles. The molecule has 1 aromatic carbocycles. The summed E-state index contributed by atoms with van der Waals surface area (Å²) in [5, 5.41) is 18.7. The summed E-state index contributed by atoms with van der Waals surface area (Å²) >= 11 is 0. The Labute approximate surface area is 86.9 Å². The van der Waals surface area contributed by atoms with Crippen molar-refractivity contribution in [3.05, 3.63) is 17.7 Å². The van der Waals surface area contributed by atoms with E-state index >= 15 is 0 Å². The second-order valence-corrected chi connectivity index (χ2v) is 2.90. The maximum atomic E-state index is 11.5. The zero-order valence-corrected chi connectivity index (χ0v) is 8.48. The highest BCUT2D eigenvalue weighted by Crippen LogP contribution is 2.32. The van der Waals surface area contributed by atoms with Gasteiger partial charge in [0.05, 0.1) is 7.11 Å². The lowest BCUT2D eigenvalue weighted by Crippen LogP contribution is -2.09. The Hall–Kier alpha value is -1.75. The van der Waals surface area contributed by atoms with E-state index in [4.69, 9.17) is 4.74 Å². The Balaban J connectivity index is 3.20. The number of ether oxygens (including phenoxy) is 2. The highest BCUT2D eigenvalue weighted by Gasteiger charge is 2.18. The molecular formula is C10H12O5. The lowest BCUT2D eigenvalue weighted by Gasteiger charge is -2.09. The maximum Gasteiger partial charge on any atom is 0.195 e. The first kappa shape index (κ1) is 11.3. The third-order valence-corrected chi connectivity index (χ3v) is 1.84. The van der Waals surface area contributed by atoms with E-state index in [0.717, 1.165) is 6.07 Å². The van der Waals surface area contributed by atoms with Crippen LogP contribution in [0.3, 0.4) is 0 Å². The molecule has 0 aliphatic heterocycles. The third-order valence-electron chi connectivity index (χ3n) is 1.84. The monoisotopic (exact) mass is 212 g/mol. The number of benzene rings is 1. The molecule has 5 nitrogen and oxygen atoms in total. The Kier molecular flexibility index (Phi) is 3.51. The van der Waals surface area contributed by atoms with Gasteiger partial charge in [0.15, 0.2) is 5.78 Å². The molecule has 0 radical (unpaired) electrons. The van der Waals surface area contributed by atoms with E-state index in [9.17, 15) is 15.0 Å². The molecule has 0 aromatic heterocycles. The molecule has 0 fully saturated rings. The zero-order valence-electron chi connectivity index (χ0n) is 8.48. The Morgan fingerprint density at radius 2 is 2.00 bits per heavy atom. The Morgan fingerprint density at radius 1 is 1.33 bits per heavy atom. The van der Waals surface area contributed by atoms with Gasteiger partial charge in [-0.3, -0.25) is 4.79 Å². The van der Waals surface area contributed by atoms with E-state index in [-0.39, 0.29) is 29.4 Å². The highest BCUT2D eigenvalue weighted by molar-refractivity contribution is 6.02. The van der Waals surface area contributed by atoms with Crippen molar-refractivity contribution in [2.24, 2.45) is 0 Å². The zero-order chi connectivity index (χ0) is 11.4. The fourth-order valence-electron chi connectivity index (χ4n) is 1.23. The first-order valence-electron chi connectivity index (χ1n) is 4.22. The van der Waals surface area contributed by atoms with Crippen LogP contribution in [0, 0.1) is 0 Å². The maximum absolute atomic E-state index is 11.5. The summed E-state index contributed by atoms with van der Waals surface area (Å²) in [4.78, 5) is 11.5. The molecule has 0 amide bonds. The van der Waals surface area contributed by atoms with Crippen LogP contribution in [0.4, 0.5) is 0 Å². The van der Waals surface area contributed by atoms with Gasteiger partial charge in [-0.15, -0.1) is 0 Å². The molecule has 0 spiro atoms. The van der Waals surface area contributed by atoms with Gasteiger partial charge in [0.25, 0.3) is 0 Å². The summed E-state index contributed by atoms with van der Waals surface area (Å²) in [5.74, 6) is -0.784. The summed E-state index contributed by atoms with van der Waals surface area (Å²) in [5.41, 5.74) is 0.0113. The van der Waals surface area contributed by atoms with Crippen LogP contribution < -0.4 is 4.74 Å². The molecular weight excluding hydrogens is 200 g/mol. The van der Waals surface area contributed by atoms with E-state index < -0.39 is 5.78 Å². The minimum absolute atomic E-state index is 0.0113.